The summed E-state index contributed by atoms with van der Waals surface area (Å²) in [7, 11) is 3.09. The fourth-order valence-corrected chi connectivity index (χ4v) is 4.21. The standard InChI is InChI=1S/C24H27N5O6/c1-34-19-9-8-17(21(10-19)35-2)13-27-20(14-29-25-11-18(15-30)26-29)22(23(27)31)28(24(32)33)12-16-6-4-3-5-7-16/h3-11,20,22,30H,12-15H2,1-2H3,(H,32,33)/t20-,22+/m1/s1. The molecule has 1 aromatic heterocycles. The molecule has 2 atom stereocenters. The van der Waals surface area contributed by atoms with Crippen molar-refractivity contribution in [1.29, 1.82) is 0 Å². The van der Waals surface area contributed by atoms with Crippen molar-refractivity contribution in [3.8, 4) is 11.5 Å². The smallest absolute Gasteiger partial charge is 0.408 e. The van der Waals surface area contributed by atoms with Gasteiger partial charge in [0.05, 0.1) is 39.6 Å². The van der Waals surface area contributed by atoms with E-state index in [0.29, 0.717) is 17.2 Å². The van der Waals surface area contributed by atoms with Crippen LogP contribution in [0.3, 0.4) is 0 Å². The van der Waals surface area contributed by atoms with E-state index in [2.05, 4.69) is 10.2 Å². The molecule has 11 heteroatoms. The molecule has 4 rings (SSSR count). The quantitative estimate of drug-likeness (QED) is 0.419. The van der Waals surface area contributed by atoms with Crippen molar-refractivity contribution in [2.24, 2.45) is 0 Å². The minimum Gasteiger partial charge on any atom is -0.497 e. The number of carbonyl (C=O) groups excluding carboxylic acids is 1. The Balaban J connectivity index is 1.63. The Hall–Kier alpha value is -4.12. The second kappa shape index (κ2) is 10.4. The van der Waals surface area contributed by atoms with Crippen LogP contribution in [0.1, 0.15) is 16.8 Å². The number of aliphatic hydroxyl groups excluding tert-OH is 1. The SMILES string of the molecule is COc1ccc(CN2C(=O)[C@@H](N(Cc3ccccc3)C(=O)O)[C@H]2Cn2ncc(CO)n2)c(OC)c1. The number of aromatic nitrogens is 3. The van der Waals surface area contributed by atoms with Gasteiger partial charge in [0.25, 0.3) is 0 Å². The highest BCUT2D eigenvalue weighted by Gasteiger charge is 2.52. The summed E-state index contributed by atoms with van der Waals surface area (Å²) in [6.07, 6.45) is 0.244. The van der Waals surface area contributed by atoms with E-state index in [-0.39, 0.29) is 32.1 Å². The van der Waals surface area contributed by atoms with Crippen LogP contribution in [0.15, 0.2) is 54.7 Å². The van der Waals surface area contributed by atoms with Gasteiger partial charge < -0.3 is 24.6 Å². The van der Waals surface area contributed by atoms with E-state index >= 15 is 0 Å². The molecule has 2 amide bonds. The molecule has 0 radical (unpaired) electrons. The van der Waals surface area contributed by atoms with Crippen LogP contribution in [0.25, 0.3) is 0 Å². The lowest BCUT2D eigenvalue weighted by Gasteiger charge is -2.50. The topological polar surface area (TPSA) is 130 Å². The Bertz CT molecular complexity index is 1180. The molecule has 184 valence electrons. The van der Waals surface area contributed by atoms with Crippen molar-refractivity contribution in [2.45, 2.75) is 38.3 Å². The Morgan fingerprint density at radius 3 is 2.54 bits per heavy atom. The monoisotopic (exact) mass is 481 g/mol. The maximum absolute atomic E-state index is 13.4. The van der Waals surface area contributed by atoms with Crippen LogP contribution in [0, 0.1) is 0 Å². The third kappa shape index (κ3) is 5.04. The van der Waals surface area contributed by atoms with Gasteiger partial charge >= 0.3 is 6.09 Å². The number of carbonyl (C=O) groups is 2. The van der Waals surface area contributed by atoms with Crippen LogP contribution in [0.2, 0.25) is 0 Å². The van der Waals surface area contributed by atoms with Crippen LogP contribution in [0.5, 0.6) is 11.5 Å². The predicted octanol–water partition coefficient (Wildman–Crippen LogP) is 1.75. The van der Waals surface area contributed by atoms with Crippen molar-refractivity contribution in [3.63, 3.8) is 0 Å². The molecule has 1 fully saturated rings. The van der Waals surface area contributed by atoms with Gasteiger partial charge in [0.2, 0.25) is 5.91 Å². The van der Waals surface area contributed by atoms with Crippen LogP contribution < -0.4 is 9.47 Å². The highest BCUT2D eigenvalue weighted by molar-refractivity contribution is 5.92. The third-order valence-corrected chi connectivity index (χ3v) is 6.01. The molecule has 0 spiro atoms. The molecule has 0 saturated carbocycles. The molecule has 11 nitrogen and oxygen atoms in total. The van der Waals surface area contributed by atoms with Gasteiger partial charge in [0.15, 0.2) is 0 Å². The summed E-state index contributed by atoms with van der Waals surface area (Å²) in [4.78, 5) is 29.7. The largest absolute Gasteiger partial charge is 0.497 e. The first-order valence-electron chi connectivity index (χ1n) is 11.0. The number of aliphatic hydroxyl groups is 1. The first-order chi connectivity index (χ1) is 16.9. The van der Waals surface area contributed by atoms with E-state index in [1.807, 2.05) is 36.4 Å². The second-order valence-corrected chi connectivity index (χ2v) is 8.10. The number of ether oxygens (including phenoxy) is 2. The van der Waals surface area contributed by atoms with Gasteiger partial charge in [-0.05, 0) is 17.7 Å². The molecule has 2 heterocycles. The van der Waals surface area contributed by atoms with Gasteiger partial charge in [-0.3, -0.25) is 9.69 Å². The molecule has 0 aliphatic carbocycles. The normalized spacial score (nSPS) is 17.1. The maximum Gasteiger partial charge on any atom is 0.408 e. The number of likely N-dealkylation sites (tertiary alicyclic amines) is 1. The average molecular weight is 482 g/mol. The minimum absolute atomic E-state index is 0.0667. The predicted molar refractivity (Wildman–Crippen MR) is 124 cm³/mol. The number of amides is 2. The number of nitrogens with zero attached hydrogens (tertiary/aromatic N) is 5. The van der Waals surface area contributed by atoms with Gasteiger partial charge in [-0.2, -0.15) is 15.0 Å². The summed E-state index contributed by atoms with van der Waals surface area (Å²) in [6.45, 7) is 0.166. The van der Waals surface area contributed by atoms with Crippen LogP contribution in [0.4, 0.5) is 4.79 Å². The van der Waals surface area contributed by atoms with Crippen molar-refractivity contribution in [1.82, 2.24) is 24.8 Å². The molecule has 0 bridgehead atoms. The summed E-state index contributed by atoms with van der Waals surface area (Å²) in [5, 5.41) is 27.7. The van der Waals surface area contributed by atoms with Crippen LogP contribution in [-0.4, -0.2) is 73.3 Å². The number of carboxylic acid groups (broad SMARTS) is 1. The zero-order valence-electron chi connectivity index (χ0n) is 19.4. The highest BCUT2D eigenvalue weighted by atomic mass is 16.5. The molecule has 1 aliphatic rings. The fraction of sp³-hybridized carbons (Fsp3) is 0.333. The summed E-state index contributed by atoms with van der Waals surface area (Å²) < 4.78 is 10.7. The van der Waals surface area contributed by atoms with Gasteiger partial charge in [-0.25, -0.2) is 4.79 Å². The average Bonchev–Trinajstić information content (AvgIpc) is 3.34. The van der Waals surface area contributed by atoms with E-state index in [1.54, 1.807) is 24.1 Å². The van der Waals surface area contributed by atoms with Crippen LogP contribution >= 0.6 is 0 Å². The van der Waals surface area contributed by atoms with Crippen molar-refractivity contribution in [3.05, 3.63) is 71.5 Å². The molecule has 2 aromatic carbocycles. The van der Waals surface area contributed by atoms with E-state index in [9.17, 15) is 19.8 Å². The van der Waals surface area contributed by atoms with Crippen molar-refractivity contribution >= 4 is 12.0 Å². The molecule has 3 aromatic rings. The molecule has 35 heavy (non-hydrogen) atoms. The van der Waals surface area contributed by atoms with E-state index in [0.717, 1.165) is 16.0 Å². The molecular formula is C24H27N5O6. The molecule has 0 unspecified atom stereocenters. The summed E-state index contributed by atoms with van der Waals surface area (Å²) in [5.41, 5.74) is 1.91. The van der Waals surface area contributed by atoms with Gasteiger partial charge in [0.1, 0.15) is 23.2 Å². The maximum atomic E-state index is 13.4. The summed E-state index contributed by atoms with van der Waals surface area (Å²) in [5.74, 6) is 0.853. The number of benzene rings is 2. The number of methoxy groups -OCH3 is 2. The minimum atomic E-state index is -1.19. The Morgan fingerprint density at radius 2 is 1.91 bits per heavy atom. The van der Waals surface area contributed by atoms with E-state index in [4.69, 9.17) is 9.47 Å². The van der Waals surface area contributed by atoms with Gasteiger partial charge in [-0.15, -0.1) is 0 Å². The van der Waals surface area contributed by atoms with Crippen LogP contribution in [-0.2, 0) is 31.0 Å². The van der Waals surface area contributed by atoms with Crippen molar-refractivity contribution in [2.75, 3.05) is 14.2 Å². The Morgan fingerprint density at radius 1 is 1.14 bits per heavy atom. The number of β-lactam (4-membered cyclic amide) rings is 1. The lowest BCUT2D eigenvalue weighted by atomic mass is 9.91. The number of hydrogen-bond donors (Lipinski definition) is 2. The van der Waals surface area contributed by atoms with E-state index in [1.165, 1.54) is 18.1 Å². The van der Waals surface area contributed by atoms with Gasteiger partial charge in [-0.1, -0.05) is 30.3 Å². The second-order valence-electron chi connectivity index (χ2n) is 8.10. The number of hydrogen-bond acceptors (Lipinski definition) is 7. The van der Waals surface area contributed by atoms with Crippen molar-refractivity contribution < 1.29 is 29.3 Å². The third-order valence-electron chi connectivity index (χ3n) is 6.01. The van der Waals surface area contributed by atoms with Gasteiger partial charge in [0, 0.05) is 24.7 Å². The highest BCUT2D eigenvalue weighted by Crippen LogP contribution is 2.33. The molecule has 1 aliphatic heterocycles. The fourth-order valence-electron chi connectivity index (χ4n) is 4.21. The Kier molecular flexibility index (Phi) is 7.16. The molecular weight excluding hydrogens is 454 g/mol. The molecule has 2 N–H and O–H groups in total. The van der Waals surface area contributed by atoms with E-state index < -0.39 is 18.2 Å². The first-order valence-corrected chi connectivity index (χ1v) is 11.0. The Labute approximate surface area is 202 Å². The summed E-state index contributed by atoms with van der Waals surface area (Å²) in [6, 6.07) is 13.0. The summed E-state index contributed by atoms with van der Waals surface area (Å²) >= 11 is 0. The zero-order valence-corrected chi connectivity index (χ0v) is 19.4. The molecule has 1 saturated heterocycles. The lowest BCUT2D eigenvalue weighted by molar-refractivity contribution is -0.161. The number of rotatable bonds is 10. The zero-order chi connectivity index (χ0) is 24.9. The lowest BCUT2D eigenvalue weighted by Crippen LogP contribution is -2.71. The first kappa shape index (κ1) is 24.0.